The second kappa shape index (κ2) is 8.79. The third-order valence-corrected chi connectivity index (χ3v) is 7.25. The summed E-state index contributed by atoms with van der Waals surface area (Å²) < 4.78 is 5.39. The van der Waals surface area contributed by atoms with Crippen molar-refractivity contribution in [2.75, 3.05) is 12.4 Å². The summed E-state index contributed by atoms with van der Waals surface area (Å²) in [5.41, 5.74) is 4.96. The van der Waals surface area contributed by atoms with Crippen LogP contribution in [0.5, 0.6) is 5.75 Å². The van der Waals surface area contributed by atoms with E-state index in [9.17, 15) is 4.79 Å². The van der Waals surface area contributed by atoms with Crippen LogP contribution >= 0.6 is 11.3 Å². The van der Waals surface area contributed by atoms with Crippen molar-refractivity contribution < 1.29 is 9.53 Å². The summed E-state index contributed by atoms with van der Waals surface area (Å²) in [5, 5.41) is 5.14. The summed E-state index contributed by atoms with van der Waals surface area (Å²) >= 11 is 1.62. The Kier molecular flexibility index (Phi) is 5.72. The van der Waals surface area contributed by atoms with Gasteiger partial charge in [-0.3, -0.25) is 4.79 Å². The van der Waals surface area contributed by atoms with E-state index in [1.807, 2.05) is 23.6 Å². The number of methoxy groups -OCH3 is 1. The van der Waals surface area contributed by atoms with Gasteiger partial charge < -0.3 is 10.1 Å². The lowest BCUT2D eigenvalue weighted by Crippen LogP contribution is -2.20. The van der Waals surface area contributed by atoms with Gasteiger partial charge in [-0.15, -0.1) is 11.3 Å². The number of anilines is 1. The Bertz CT molecular complexity index is 1090. The van der Waals surface area contributed by atoms with Crippen molar-refractivity contribution in [2.45, 2.75) is 51.4 Å². The molecular formula is C25H27N3O2S. The van der Waals surface area contributed by atoms with Gasteiger partial charge in [0.05, 0.1) is 23.4 Å². The molecule has 2 aliphatic rings. The maximum absolute atomic E-state index is 12.9. The number of benzene rings is 1. The lowest BCUT2D eigenvalue weighted by atomic mass is 9.87. The molecule has 0 radical (unpaired) electrons. The van der Waals surface area contributed by atoms with Crippen molar-refractivity contribution in [1.82, 2.24) is 9.97 Å². The Morgan fingerprint density at radius 2 is 2.00 bits per heavy atom. The minimum absolute atomic E-state index is 0.0555. The standard InChI is InChI=1S/C25H27N3O2S/c1-30-18-10-11-19-17(15-18)9-12-20-23(19)28-24(21-8-5-13-31-21)25(26-20)27-22(29)14-16-6-3-2-4-7-16/h5,8,10-11,13,15-16H,2-4,6-7,9,12,14H2,1H3,(H,26,27,29). The Morgan fingerprint density at radius 3 is 2.77 bits per heavy atom. The largest absolute Gasteiger partial charge is 0.497 e. The summed E-state index contributed by atoms with van der Waals surface area (Å²) in [7, 11) is 1.69. The van der Waals surface area contributed by atoms with E-state index in [1.54, 1.807) is 18.4 Å². The Morgan fingerprint density at radius 1 is 1.13 bits per heavy atom. The molecular weight excluding hydrogens is 406 g/mol. The first kappa shape index (κ1) is 20.2. The maximum atomic E-state index is 12.9. The van der Waals surface area contributed by atoms with E-state index in [4.69, 9.17) is 14.7 Å². The summed E-state index contributed by atoms with van der Waals surface area (Å²) in [6, 6.07) is 10.2. The van der Waals surface area contributed by atoms with Crippen molar-refractivity contribution in [3.8, 4) is 27.6 Å². The van der Waals surface area contributed by atoms with Crippen molar-refractivity contribution in [2.24, 2.45) is 5.92 Å². The van der Waals surface area contributed by atoms with E-state index in [-0.39, 0.29) is 5.91 Å². The van der Waals surface area contributed by atoms with Crippen LogP contribution in [0, 0.1) is 5.92 Å². The zero-order chi connectivity index (χ0) is 21.2. The van der Waals surface area contributed by atoms with Crippen molar-refractivity contribution in [3.63, 3.8) is 0 Å². The normalized spacial score (nSPS) is 15.8. The highest BCUT2D eigenvalue weighted by Crippen LogP contribution is 2.38. The number of hydrogen-bond donors (Lipinski definition) is 1. The monoisotopic (exact) mass is 433 g/mol. The van der Waals surface area contributed by atoms with Gasteiger partial charge in [-0.2, -0.15) is 0 Å². The zero-order valence-electron chi connectivity index (χ0n) is 17.8. The number of rotatable bonds is 5. The SMILES string of the molecule is COc1ccc2c(c1)CCc1nc(NC(=O)CC3CCCCC3)c(-c3cccs3)nc1-2. The highest BCUT2D eigenvalue weighted by Gasteiger charge is 2.25. The van der Waals surface area contributed by atoms with Gasteiger partial charge >= 0.3 is 0 Å². The fraction of sp³-hybridized carbons (Fsp3) is 0.400. The van der Waals surface area contributed by atoms with E-state index < -0.39 is 0 Å². The Hall–Kier alpha value is -2.73. The zero-order valence-corrected chi connectivity index (χ0v) is 18.6. The fourth-order valence-electron chi connectivity index (χ4n) is 4.76. The maximum Gasteiger partial charge on any atom is 0.225 e. The average Bonchev–Trinajstić information content (AvgIpc) is 3.33. The van der Waals surface area contributed by atoms with Gasteiger partial charge in [-0.25, -0.2) is 9.97 Å². The number of carbonyl (C=O) groups is 1. The quantitative estimate of drug-likeness (QED) is 0.545. The van der Waals surface area contributed by atoms with Crippen LogP contribution in [0.1, 0.15) is 49.8 Å². The molecule has 0 atom stereocenters. The summed E-state index contributed by atoms with van der Waals surface area (Å²) in [6.07, 6.45) is 8.35. The minimum Gasteiger partial charge on any atom is -0.497 e. The van der Waals surface area contributed by atoms with Gasteiger partial charge in [0.25, 0.3) is 0 Å². The molecule has 3 aromatic rings. The highest BCUT2D eigenvalue weighted by molar-refractivity contribution is 7.13. The van der Waals surface area contributed by atoms with Crippen LogP contribution < -0.4 is 10.1 Å². The van der Waals surface area contributed by atoms with Crippen LogP contribution in [0.4, 0.5) is 5.82 Å². The van der Waals surface area contributed by atoms with E-state index >= 15 is 0 Å². The smallest absolute Gasteiger partial charge is 0.225 e. The fourth-order valence-corrected chi connectivity index (χ4v) is 5.47. The number of amides is 1. The summed E-state index contributed by atoms with van der Waals surface area (Å²) in [6.45, 7) is 0. The van der Waals surface area contributed by atoms with Gasteiger partial charge in [0, 0.05) is 12.0 Å². The van der Waals surface area contributed by atoms with Crippen LogP contribution in [0.25, 0.3) is 21.8 Å². The Balaban J connectivity index is 1.49. The van der Waals surface area contributed by atoms with Crippen molar-refractivity contribution in [3.05, 3.63) is 47.0 Å². The summed E-state index contributed by atoms with van der Waals surface area (Å²) in [5.74, 6) is 2.01. The number of thiophene rings is 1. The number of carbonyl (C=O) groups excluding carboxylic acids is 1. The molecule has 2 aromatic heterocycles. The van der Waals surface area contributed by atoms with E-state index in [0.29, 0.717) is 18.2 Å². The van der Waals surface area contributed by atoms with E-state index in [1.165, 1.54) is 24.8 Å². The average molecular weight is 434 g/mol. The van der Waals surface area contributed by atoms with Gasteiger partial charge in [-0.05, 0) is 66.8 Å². The molecule has 31 heavy (non-hydrogen) atoms. The van der Waals surface area contributed by atoms with E-state index in [0.717, 1.165) is 59.0 Å². The third kappa shape index (κ3) is 4.22. The number of nitrogens with zero attached hydrogens (tertiary/aromatic N) is 2. The molecule has 0 spiro atoms. The highest BCUT2D eigenvalue weighted by atomic mass is 32.1. The molecule has 1 amide bonds. The van der Waals surface area contributed by atoms with Crippen LogP contribution in [-0.2, 0) is 17.6 Å². The molecule has 1 aromatic carbocycles. The predicted molar refractivity (Wildman–Crippen MR) is 125 cm³/mol. The van der Waals surface area contributed by atoms with Gasteiger partial charge in [-0.1, -0.05) is 25.3 Å². The molecule has 0 aliphatic heterocycles. The first-order chi connectivity index (χ1) is 15.2. The van der Waals surface area contributed by atoms with Gasteiger partial charge in [0.15, 0.2) is 5.82 Å². The lowest BCUT2D eigenvalue weighted by Gasteiger charge is -2.22. The molecule has 1 saturated carbocycles. The van der Waals surface area contributed by atoms with Crippen LogP contribution in [0.3, 0.4) is 0 Å². The number of hydrogen-bond acceptors (Lipinski definition) is 5. The molecule has 0 bridgehead atoms. The molecule has 1 fully saturated rings. The van der Waals surface area contributed by atoms with Gasteiger partial charge in [0.2, 0.25) is 5.91 Å². The first-order valence-corrected chi connectivity index (χ1v) is 12.0. The molecule has 2 heterocycles. The molecule has 5 nitrogen and oxygen atoms in total. The lowest BCUT2D eigenvalue weighted by molar-refractivity contribution is -0.117. The number of aryl methyl sites for hydroxylation is 2. The third-order valence-electron chi connectivity index (χ3n) is 6.38. The van der Waals surface area contributed by atoms with Crippen LogP contribution in [0.2, 0.25) is 0 Å². The molecule has 6 heteroatoms. The summed E-state index contributed by atoms with van der Waals surface area (Å²) in [4.78, 5) is 23.8. The second-order valence-electron chi connectivity index (χ2n) is 8.47. The second-order valence-corrected chi connectivity index (χ2v) is 9.42. The van der Waals surface area contributed by atoms with Crippen LogP contribution in [-0.4, -0.2) is 23.0 Å². The molecule has 2 aliphatic carbocycles. The number of ether oxygens (including phenoxy) is 1. The minimum atomic E-state index is 0.0555. The van der Waals surface area contributed by atoms with Gasteiger partial charge in [0.1, 0.15) is 11.4 Å². The van der Waals surface area contributed by atoms with Crippen molar-refractivity contribution in [1.29, 1.82) is 0 Å². The number of aromatic nitrogens is 2. The first-order valence-electron chi connectivity index (χ1n) is 11.1. The Labute approximate surface area is 186 Å². The number of fused-ring (bicyclic) bond motifs is 3. The number of nitrogens with one attached hydrogen (secondary N) is 1. The molecule has 0 unspecified atom stereocenters. The molecule has 5 rings (SSSR count). The predicted octanol–water partition coefficient (Wildman–Crippen LogP) is 5.89. The van der Waals surface area contributed by atoms with Crippen LogP contribution in [0.15, 0.2) is 35.7 Å². The molecule has 160 valence electrons. The molecule has 1 N–H and O–H groups in total. The topological polar surface area (TPSA) is 64.1 Å². The van der Waals surface area contributed by atoms with Crippen molar-refractivity contribution >= 4 is 23.1 Å². The van der Waals surface area contributed by atoms with E-state index in [2.05, 4.69) is 17.4 Å². The molecule has 0 saturated heterocycles.